The molecular formula is C28H25N3O3S. The van der Waals surface area contributed by atoms with Gasteiger partial charge >= 0.3 is 0 Å². The van der Waals surface area contributed by atoms with Crippen LogP contribution in [0.3, 0.4) is 0 Å². The van der Waals surface area contributed by atoms with Gasteiger partial charge in [-0.25, -0.2) is 4.98 Å². The molecule has 6 rings (SSSR count). The van der Waals surface area contributed by atoms with E-state index in [1.165, 1.54) is 11.3 Å². The standard InChI is InChI=1S/C28H25N3O3S/c1-16-26(35-27(30-16)17-9-3-2-4-10-17)24(32)22-23(20-15-29-21-14-8-7-13-19(20)21)31(28(34)25(22)33)18-11-5-6-12-18/h2-4,7-10,13-15,18,23,29,33H,5-6,11-12H2,1H3. The summed E-state index contributed by atoms with van der Waals surface area (Å²) in [6.07, 6.45) is 5.68. The molecule has 1 saturated carbocycles. The second-order valence-electron chi connectivity index (χ2n) is 9.23. The molecule has 1 fully saturated rings. The van der Waals surface area contributed by atoms with E-state index in [0.29, 0.717) is 10.6 Å². The minimum Gasteiger partial charge on any atom is -0.503 e. The van der Waals surface area contributed by atoms with E-state index in [-0.39, 0.29) is 17.4 Å². The molecule has 2 aromatic heterocycles. The maximum atomic E-state index is 14.0. The predicted molar refractivity (Wildman–Crippen MR) is 136 cm³/mol. The zero-order valence-corrected chi connectivity index (χ0v) is 20.1. The van der Waals surface area contributed by atoms with Gasteiger partial charge in [0.1, 0.15) is 5.01 Å². The Labute approximate surface area is 206 Å². The van der Waals surface area contributed by atoms with Gasteiger partial charge in [0, 0.05) is 34.3 Å². The van der Waals surface area contributed by atoms with Crippen LogP contribution in [0.5, 0.6) is 0 Å². The SMILES string of the molecule is Cc1nc(-c2ccccc2)sc1C(=O)C1=C(O)C(=O)N(C2CCCC2)C1c1c[nH]c2ccccc12. The van der Waals surface area contributed by atoms with E-state index in [0.717, 1.165) is 52.7 Å². The lowest BCUT2D eigenvalue weighted by Crippen LogP contribution is -2.38. The van der Waals surface area contributed by atoms with E-state index in [1.807, 2.05) is 60.8 Å². The number of Topliss-reactive ketones (excluding diaryl/α,β-unsaturated/α-hetero) is 1. The van der Waals surface area contributed by atoms with Gasteiger partial charge in [-0.3, -0.25) is 9.59 Å². The fraction of sp³-hybridized carbons (Fsp3) is 0.250. The number of hydrogen-bond donors (Lipinski definition) is 2. The summed E-state index contributed by atoms with van der Waals surface area (Å²) in [6, 6.07) is 16.9. The molecule has 0 spiro atoms. The molecule has 6 nitrogen and oxygen atoms in total. The number of aliphatic hydroxyl groups excluding tert-OH is 1. The van der Waals surface area contributed by atoms with Crippen LogP contribution in [0.2, 0.25) is 0 Å². The number of aryl methyl sites for hydroxylation is 1. The Morgan fingerprint density at radius 3 is 2.57 bits per heavy atom. The van der Waals surface area contributed by atoms with Crippen molar-refractivity contribution >= 4 is 33.9 Å². The van der Waals surface area contributed by atoms with E-state index in [2.05, 4.69) is 9.97 Å². The Kier molecular flexibility index (Phi) is 5.29. The van der Waals surface area contributed by atoms with Gasteiger partial charge in [0.25, 0.3) is 5.91 Å². The fourth-order valence-corrected chi connectivity index (χ4v) is 6.50. The lowest BCUT2D eigenvalue weighted by atomic mass is 9.94. The van der Waals surface area contributed by atoms with Crippen LogP contribution in [-0.4, -0.2) is 37.7 Å². The Balaban J connectivity index is 1.48. The number of aliphatic hydroxyl groups is 1. The van der Waals surface area contributed by atoms with Gasteiger partial charge in [0.2, 0.25) is 5.78 Å². The maximum absolute atomic E-state index is 14.0. The first-order valence-corrected chi connectivity index (χ1v) is 12.8. The lowest BCUT2D eigenvalue weighted by Gasteiger charge is -2.31. The van der Waals surface area contributed by atoms with E-state index >= 15 is 0 Å². The van der Waals surface area contributed by atoms with Crippen LogP contribution in [0.15, 0.2) is 72.1 Å². The first kappa shape index (κ1) is 21.8. The van der Waals surface area contributed by atoms with Gasteiger partial charge in [-0.05, 0) is 25.8 Å². The molecule has 1 aliphatic carbocycles. The number of benzene rings is 2. The summed E-state index contributed by atoms with van der Waals surface area (Å²) in [5.74, 6) is -1.23. The predicted octanol–water partition coefficient (Wildman–Crippen LogP) is 6.12. The number of para-hydroxylation sites is 1. The second-order valence-corrected chi connectivity index (χ2v) is 10.2. The highest BCUT2D eigenvalue weighted by molar-refractivity contribution is 7.17. The van der Waals surface area contributed by atoms with Crippen LogP contribution in [-0.2, 0) is 4.79 Å². The number of nitrogens with zero attached hydrogens (tertiary/aromatic N) is 2. The first-order valence-electron chi connectivity index (χ1n) is 11.9. The Bertz CT molecular complexity index is 1480. The number of aromatic nitrogens is 2. The summed E-state index contributed by atoms with van der Waals surface area (Å²) in [5, 5.41) is 12.8. The second kappa shape index (κ2) is 8.50. The van der Waals surface area contributed by atoms with Gasteiger partial charge in [0.05, 0.1) is 22.2 Å². The van der Waals surface area contributed by atoms with E-state index in [4.69, 9.17) is 0 Å². The largest absolute Gasteiger partial charge is 0.503 e. The summed E-state index contributed by atoms with van der Waals surface area (Å²) in [7, 11) is 0. The minimum absolute atomic E-state index is 0.00366. The number of aromatic amines is 1. The molecule has 0 radical (unpaired) electrons. The van der Waals surface area contributed by atoms with Gasteiger partial charge in [0.15, 0.2) is 5.76 Å². The van der Waals surface area contributed by atoms with Crippen molar-refractivity contribution in [2.45, 2.75) is 44.7 Å². The molecule has 2 N–H and O–H groups in total. The Morgan fingerprint density at radius 2 is 1.80 bits per heavy atom. The normalized spacial score (nSPS) is 18.8. The number of H-pyrrole nitrogens is 1. The molecule has 0 bridgehead atoms. The van der Waals surface area contributed by atoms with Crippen LogP contribution in [0.4, 0.5) is 0 Å². The topological polar surface area (TPSA) is 86.3 Å². The summed E-state index contributed by atoms with van der Waals surface area (Å²) in [5.41, 5.74) is 3.45. The molecule has 3 heterocycles. The van der Waals surface area contributed by atoms with Crippen molar-refractivity contribution < 1.29 is 14.7 Å². The molecule has 176 valence electrons. The highest BCUT2D eigenvalue weighted by Gasteiger charge is 2.48. The molecule has 1 atom stereocenters. The van der Waals surface area contributed by atoms with Crippen molar-refractivity contribution in [3.05, 3.63) is 88.3 Å². The molecule has 7 heteroatoms. The third kappa shape index (κ3) is 3.49. The molecular weight excluding hydrogens is 458 g/mol. The smallest absolute Gasteiger partial charge is 0.290 e. The number of thiazole rings is 1. The molecule has 1 unspecified atom stereocenters. The molecule has 35 heavy (non-hydrogen) atoms. The average molecular weight is 484 g/mol. The zero-order chi connectivity index (χ0) is 24.1. The number of ketones is 1. The van der Waals surface area contributed by atoms with Crippen LogP contribution < -0.4 is 0 Å². The fourth-order valence-electron chi connectivity index (χ4n) is 5.47. The van der Waals surface area contributed by atoms with Gasteiger partial charge in [-0.2, -0.15) is 0 Å². The summed E-state index contributed by atoms with van der Waals surface area (Å²) >= 11 is 1.30. The molecule has 1 amide bonds. The van der Waals surface area contributed by atoms with Crippen LogP contribution in [0, 0.1) is 6.92 Å². The average Bonchev–Trinajstić information content (AvgIpc) is 3.66. The molecule has 1 aliphatic heterocycles. The highest BCUT2D eigenvalue weighted by Crippen LogP contribution is 2.46. The number of rotatable bonds is 5. The number of hydrogen-bond acceptors (Lipinski definition) is 5. The van der Waals surface area contributed by atoms with Crippen molar-refractivity contribution in [3.8, 4) is 10.6 Å². The number of carbonyl (C=O) groups excluding carboxylic acids is 2. The van der Waals surface area contributed by atoms with Crippen LogP contribution in [0.25, 0.3) is 21.5 Å². The van der Waals surface area contributed by atoms with Crippen molar-refractivity contribution in [2.75, 3.05) is 0 Å². The number of nitrogens with one attached hydrogen (secondary N) is 1. The third-order valence-electron chi connectivity index (χ3n) is 7.15. The Morgan fingerprint density at radius 1 is 1.09 bits per heavy atom. The number of amides is 1. The van der Waals surface area contributed by atoms with Crippen LogP contribution in [0.1, 0.15) is 52.7 Å². The molecule has 0 saturated heterocycles. The minimum atomic E-state index is -0.643. The van der Waals surface area contributed by atoms with Crippen molar-refractivity contribution in [3.63, 3.8) is 0 Å². The molecule has 2 aliphatic rings. The van der Waals surface area contributed by atoms with Crippen molar-refractivity contribution in [1.29, 1.82) is 0 Å². The summed E-state index contributed by atoms with van der Waals surface area (Å²) in [6.45, 7) is 1.81. The number of carbonyl (C=O) groups is 2. The quantitative estimate of drug-likeness (QED) is 0.335. The Hall–Kier alpha value is -3.71. The summed E-state index contributed by atoms with van der Waals surface area (Å²) < 4.78 is 0. The van der Waals surface area contributed by atoms with Crippen LogP contribution >= 0.6 is 11.3 Å². The first-order chi connectivity index (χ1) is 17.0. The third-order valence-corrected chi connectivity index (χ3v) is 8.35. The lowest BCUT2D eigenvalue weighted by molar-refractivity contribution is -0.131. The van der Waals surface area contributed by atoms with E-state index in [9.17, 15) is 14.7 Å². The highest BCUT2D eigenvalue weighted by atomic mass is 32.1. The van der Waals surface area contributed by atoms with Gasteiger partial charge in [-0.15, -0.1) is 11.3 Å². The van der Waals surface area contributed by atoms with E-state index in [1.54, 1.807) is 11.8 Å². The van der Waals surface area contributed by atoms with Gasteiger partial charge < -0.3 is 15.0 Å². The molecule has 4 aromatic rings. The molecule has 2 aromatic carbocycles. The zero-order valence-electron chi connectivity index (χ0n) is 19.3. The monoisotopic (exact) mass is 483 g/mol. The van der Waals surface area contributed by atoms with Crippen molar-refractivity contribution in [2.24, 2.45) is 0 Å². The maximum Gasteiger partial charge on any atom is 0.290 e. The van der Waals surface area contributed by atoms with E-state index < -0.39 is 17.7 Å². The number of fused-ring (bicyclic) bond motifs is 1. The van der Waals surface area contributed by atoms with Crippen molar-refractivity contribution in [1.82, 2.24) is 14.9 Å². The van der Waals surface area contributed by atoms with Gasteiger partial charge in [-0.1, -0.05) is 61.4 Å². The summed E-state index contributed by atoms with van der Waals surface area (Å²) in [4.78, 5) is 37.6.